The van der Waals surface area contributed by atoms with E-state index in [4.69, 9.17) is 10.5 Å². The minimum absolute atomic E-state index is 0.229. The van der Waals surface area contributed by atoms with Crippen LogP contribution < -0.4 is 10.5 Å². The summed E-state index contributed by atoms with van der Waals surface area (Å²) in [6, 6.07) is 1.68. The van der Waals surface area contributed by atoms with Crippen LogP contribution in [0.2, 0.25) is 0 Å². The molecule has 0 fully saturated rings. The average Bonchev–Trinajstić information content (AvgIpc) is 2.08. The van der Waals surface area contributed by atoms with E-state index < -0.39 is 0 Å². The number of nitrogen functional groups attached to an aromatic ring is 1. The third-order valence-corrected chi connectivity index (χ3v) is 1.51. The van der Waals surface area contributed by atoms with Crippen LogP contribution in [-0.4, -0.2) is 18.4 Å². The van der Waals surface area contributed by atoms with Gasteiger partial charge in [0.15, 0.2) is 6.29 Å². The first-order chi connectivity index (χ1) is 5.69. The quantitative estimate of drug-likeness (QED) is 0.660. The van der Waals surface area contributed by atoms with Gasteiger partial charge < -0.3 is 10.5 Å². The molecule has 0 radical (unpaired) electrons. The van der Waals surface area contributed by atoms with Crippen molar-refractivity contribution >= 4 is 12.0 Å². The van der Waals surface area contributed by atoms with Gasteiger partial charge in [-0.15, -0.1) is 0 Å². The molecule has 1 aromatic heterocycles. The number of nitrogens with zero attached hydrogens (tertiary/aromatic N) is 1. The minimum atomic E-state index is 0.229. The maximum atomic E-state index is 10.4. The average molecular weight is 166 g/mol. The number of carbonyl (C=O) groups excluding carboxylic acids is 1. The molecule has 64 valence electrons. The van der Waals surface area contributed by atoms with E-state index in [1.165, 1.54) is 7.11 Å². The van der Waals surface area contributed by atoms with E-state index in [0.29, 0.717) is 17.7 Å². The third kappa shape index (κ3) is 1.37. The lowest BCUT2D eigenvalue weighted by atomic mass is 10.2. The first-order valence-electron chi connectivity index (χ1n) is 3.45. The summed E-state index contributed by atoms with van der Waals surface area (Å²) < 4.78 is 4.94. The molecule has 4 nitrogen and oxygen atoms in total. The Bertz CT molecular complexity index is 310. The van der Waals surface area contributed by atoms with Crippen molar-refractivity contribution in [1.29, 1.82) is 0 Å². The Balaban J connectivity index is 3.31. The number of nitrogens with two attached hydrogens (primary N) is 1. The van der Waals surface area contributed by atoms with Crippen LogP contribution in [-0.2, 0) is 0 Å². The largest absolute Gasteiger partial charge is 0.494 e. The van der Waals surface area contributed by atoms with Crippen molar-refractivity contribution in [3.05, 3.63) is 17.5 Å². The van der Waals surface area contributed by atoms with Crippen LogP contribution in [0.25, 0.3) is 0 Å². The predicted octanol–water partition coefficient (Wildman–Crippen LogP) is 0.793. The molecule has 0 aliphatic heterocycles. The van der Waals surface area contributed by atoms with Gasteiger partial charge in [0.1, 0.15) is 17.1 Å². The Morgan fingerprint density at radius 3 is 2.83 bits per heavy atom. The van der Waals surface area contributed by atoms with Gasteiger partial charge in [0.25, 0.3) is 0 Å². The van der Waals surface area contributed by atoms with Gasteiger partial charge in [-0.3, -0.25) is 4.79 Å². The Kier molecular flexibility index (Phi) is 2.28. The van der Waals surface area contributed by atoms with Crippen LogP contribution in [0.3, 0.4) is 0 Å². The molecular weight excluding hydrogens is 156 g/mol. The fourth-order valence-corrected chi connectivity index (χ4v) is 0.935. The van der Waals surface area contributed by atoms with Gasteiger partial charge in [0.05, 0.1) is 7.11 Å². The summed E-state index contributed by atoms with van der Waals surface area (Å²) in [6.07, 6.45) is 0.616. The molecule has 0 saturated heterocycles. The highest BCUT2D eigenvalue weighted by molar-refractivity contribution is 5.83. The van der Waals surface area contributed by atoms with Gasteiger partial charge in [0, 0.05) is 11.8 Å². The summed E-state index contributed by atoms with van der Waals surface area (Å²) in [5.74, 6) is 0.490. The molecule has 0 atom stereocenters. The lowest BCUT2D eigenvalue weighted by Gasteiger charge is -2.06. The number of hydrogen-bond acceptors (Lipinski definition) is 4. The van der Waals surface area contributed by atoms with Crippen molar-refractivity contribution in [2.24, 2.45) is 0 Å². The van der Waals surface area contributed by atoms with Crippen molar-refractivity contribution in [3.63, 3.8) is 0 Å². The van der Waals surface area contributed by atoms with Crippen LogP contribution in [0.4, 0.5) is 5.69 Å². The van der Waals surface area contributed by atoms with Crippen LogP contribution >= 0.6 is 0 Å². The van der Waals surface area contributed by atoms with E-state index in [0.717, 1.165) is 0 Å². The highest BCUT2D eigenvalue weighted by Gasteiger charge is 2.06. The number of methoxy groups -OCH3 is 1. The van der Waals surface area contributed by atoms with Crippen molar-refractivity contribution in [1.82, 2.24) is 4.98 Å². The molecule has 1 heterocycles. The zero-order valence-corrected chi connectivity index (χ0v) is 7.00. The highest BCUT2D eigenvalue weighted by atomic mass is 16.5. The highest BCUT2D eigenvalue weighted by Crippen LogP contribution is 2.23. The second kappa shape index (κ2) is 3.21. The van der Waals surface area contributed by atoms with Gasteiger partial charge in [-0.25, -0.2) is 4.98 Å². The smallest absolute Gasteiger partial charge is 0.170 e. The number of rotatable bonds is 2. The van der Waals surface area contributed by atoms with E-state index in [1.807, 2.05) is 0 Å². The summed E-state index contributed by atoms with van der Waals surface area (Å²) in [7, 11) is 1.50. The Morgan fingerprint density at radius 2 is 2.33 bits per heavy atom. The molecule has 2 N–H and O–H groups in total. The fourth-order valence-electron chi connectivity index (χ4n) is 0.935. The van der Waals surface area contributed by atoms with E-state index in [-0.39, 0.29) is 11.4 Å². The van der Waals surface area contributed by atoms with Gasteiger partial charge in [-0.1, -0.05) is 0 Å². The van der Waals surface area contributed by atoms with Crippen molar-refractivity contribution in [2.75, 3.05) is 12.8 Å². The van der Waals surface area contributed by atoms with Crippen LogP contribution in [0.5, 0.6) is 5.75 Å². The second-order valence-electron chi connectivity index (χ2n) is 2.38. The molecule has 0 aliphatic carbocycles. The number of ether oxygens (including phenoxy) is 1. The number of aldehydes is 1. The second-order valence-corrected chi connectivity index (χ2v) is 2.38. The van der Waals surface area contributed by atoms with Crippen molar-refractivity contribution in [2.45, 2.75) is 6.92 Å². The fraction of sp³-hybridized carbons (Fsp3) is 0.250. The van der Waals surface area contributed by atoms with E-state index in [1.54, 1.807) is 13.0 Å². The van der Waals surface area contributed by atoms with Crippen LogP contribution in [0, 0.1) is 6.92 Å². The summed E-state index contributed by atoms with van der Waals surface area (Å²) in [5, 5.41) is 0. The van der Waals surface area contributed by atoms with E-state index >= 15 is 0 Å². The molecule has 1 rings (SSSR count). The lowest BCUT2D eigenvalue weighted by Crippen LogP contribution is -2.01. The van der Waals surface area contributed by atoms with E-state index in [2.05, 4.69) is 4.98 Å². The summed E-state index contributed by atoms with van der Waals surface area (Å²) in [5.41, 5.74) is 6.78. The molecule has 0 unspecified atom stereocenters. The van der Waals surface area contributed by atoms with Crippen LogP contribution in [0.1, 0.15) is 16.2 Å². The molecule has 0 spiro atoms. The summed E-state index contributed by atoms with van der Waals surface area (Å²) in [4.78, 5) is 14.4. The number of aromatic nitrogens is 1. The molecule has 0 aromatic carbocycles. The third-order valence-electron chi connectivity index (χ3n) is 1.51. The molecular formula is C8H10N2O2. The monoisotopic (exact) mass is 166 g/mol. The molecule has 0 bridgehead atoms. The Hall–Kier alpha value is -1.58. The first kappa shape index (κ1) is 8.52. The molecule has 0 aliphatic rings. The zero-order valence-electron chi connectivity index (χ0n) is 7.00. The molecule has 0 amide bonds. The maximum absolute atomic E-state index is 10.4. The molecule has 0 saturated carbocycles. The molecule has 1 aromatic rings. The number of pyridine rings is 1. The predicted molar refractivity (Wildman–Crippen MR) is 45.3 cm³/mol. The molecule has 12 heavy (non-hydrogen) atoms. The van der Waals surface area contributed by atoms with Gasteiger partial charge in [0.2, 0.25) is 0 Å². The number of aryl methyl sites for hydroxylation is 1. The topological polar surface area (TPSA) is 65.2 Å². The van der Waals surface area contributed by atoms with Crippen molar-refractivity contribution < 1.29 is 9.53 Å². The Labute approximate surface area is 70.4 Å². The SMILES string of the molecule is COc1cc(C)nc(C=O)c1N. The minimum Gasteiger partial charge on any atom is -0.494 e. The summed E-state index contributed by atoms with van der Waals surface area (Å²) in [6.45, 7) is 1.77. The van der Waals surface area contributed by atoms with Gasteiger partial charge in [-0.05, 0) is 6.92 Å². The zero-order chi connectivity index (χ0) is 9.14. The maximum Gasteiger partial charge on any atom is 0.170 e. The standard InChI is InChI=1S/C8H10N2O2/c1-5-3-7(12-2)8(9)6(4-11)10-5/h3-4H,9H2,1-2H3. The van der Waals surface area contributed by atoms with Crippen molar-refractivity contribution in [3.8, 4) is 5.75 Å². The molecule has 4 heteroatoms. The number of anilines is 1. The normalized spacial score (nSPS) is 9.50. The van der Waals surface area contributed by atoms with Crippen LogP contribution in [0.15, 0.2) is 6.07 Å². The first-order valence-corrected chi connectivity index (χ1v) is 3.45. The number of carbonyl (C=O) groups is 1. The van der Waals surface area contributed by atoms with Gasteiger partial charge in [-0.2, -0.15) is 0 Å². The summed E-state index contributed by atoms with van der Waals surface area (Å²) >= 11 is 0. The van der Waals surface area contributed by atoms with E-state index in [9.17, 15) is 4.79 Å². The van der Waals surface area contributed by atoms with Gasteiger partial charge >= 0.3 is 0 Å². The lowest BCUT2D eigenvalue weighted by molar-refractivity contribution is 0.111. The number of hydrogen-bond donors (Lipinski definition) is 1. The Morgan fingerprint density at radius 1 is 1.67 bits per heavy atom.